The smallest absolute Gasteiger partial charge is 0.243 e. The summed E-state index contributed by atoms with van der Waals surface area (Å²) in [6.07, 6.45) is 2.76. The molecule has 1 heterocycles. The van der Waals surface area contributed by atoms with Crippen LogP contribution >= 0.6 is 23.4 Å². The van der Waals surface area contributed by atoms with Crippen molar-refractivity contribution in [1.82, 2.24) is 4.31 Å². The van der Waals surface area contributed by atoms with Crippen molar-refractivity contribution in [3.05, 3.63) is 47.5 Å². The molecule has 0 radical (unpaired) electrons. The number of ether oxygens (including phenoxy) is 1. The lowest BCUT2D eigenvalue weighted by Crippen LogP contribution is -2.35. The Morgan fingerprint density at radius 1 is 1.17 bits per heavy atom. The Morgan fingerprint density at radius 3 is 2.60 bits per heavy atom. The van der Waals surface area contributed by atoms with E-state index in [1.165, 1.54) is 28.2 Å². The van der Waals surface area contributed by atoms with E-state index in [0.29, 0.717) is 36.2 Å². The molecule has 0 spiro atoms. The highest BCUT2D eigenvalue weighted by Crippen LogP contribution is 2.31. The predicted molar refractivity (Wildman–Crippen MR) is 121 cm³/mol. The van der Waals surface area contributed by atoms with Crippen LogP contribution in [-0.4, -0.2) is 44.1 Å². The van der Waals surface area contributed by atoms with Crippen molar-refractivity contribution in [3.8, 4) is 5.75 Å². The van der Waals surface area contributed by atoms with E-state index in [4.69, 9.17) is 16.3 Å². The number of halogens is 1. The van der Waals surface area contributed by atoms with E-state index in [1.807, 2.05) is 25.1 Å². The maximum atomic E-state index is 13.0. The van der Waals surface area contributed by atoms with E-state index in [-0.39, 0.29) is 16.6 Å². The van der Waals surface area contributed by atoms with Gasteiger partial charge in [0.2, 0.25) is 15.9 Å². The molecule has 0 aromatic heterocycles. The van der Waals surface area contributed by atoms with Gasteiger partial charge in [-0.25, -0.2) is 8.42 Å². The predicted octanol–water partition coefficient (Wildman–Crippen LogP) is 4.64. The lowest BCUT2D eigenvalue weighted by atomic mass is 10.2. The van der Waals surface area contributed by atoms with E-state index in [2.05, 4.69) is 5.32 Å². The largest absolute Gasteiger partial charge is 0.492 e. The Hall–Kier alpha value is -1.74. The highest BCUT2D eigenvalue weighted by molar-refractivity contribution is 8.00. The van der Waals surface area contributed by atoms with Crippen LogP contribution in [0.1, 0.15) is 26.2 Å². The Morgan fingerprint density at radius 2 is 1.90 bits per heavy atom. The van der Waals surface area contributed by atoms with Crippen LogP contribution in [0.5, 0.6) is 5.75 Å². The second-order valence-corrected chi connectivity index (χ2v) is 10.2. The first-order valence-corrected chi connectivity index (χ1v) is 12.7. The molecule has 0 bridgehead atoms. The van der Waals surface area contributed by atoms with Crippen LogP contribution in [0.25, 0.3) is 0 Å². The third-order valence-electron chi connectivity index (χ3n) is 4.67. The number of benzene rings is 2. The van der Waals surface area contributed by atoms with Gasteiger partial charge in [0, 0.05) is 18.0 Å². The third kappa shape index (κ3) is 5.69. The molecule has 0 unspecified atom stereocenters. The first-order chi connectivity index (χ1) is 14.4. The summed E-state index contributed by atoms with van der Waals surface area (Å²) in [6.45, 7) is 3.27. The SMILES string of the molecule is CCOc1ccc(S(=O)(=O)N2CCCCC2)cc1NC(=O)CSc1ccccc1Cl. The number of thioether (sulfide) groups is 1. The molecule has 1 aliphatic rings. The highest BCUT2D eigenvalue weighted by Gasteiger charge is 2.27. The average molecular weight is 469 g/mol. The Bertz CT molecular complexity index is 992. The van der Waals surface area contributed by atoms with Crippen molar-refractivity contribution in [2.75, 3.05) is 30.8 Å². The van der Waals surface area contributed by atoms with Gasteiger partial charge in [-0.3, -0.25) is 4.79 Å². The average Bonchev–Trinajstić information content (AvgIpc) is 2.75. The van der Waals surface area contributed by atoms with Gasteiger partial charge in [0.15, 0.2) is 0 Å². The number of nitrogens with one attached hydrogen (secondary N) is 1. The van der Waals surface area contributed by atoms with Gasteiger partial charge in [-0.15, -0.1) is 11.8 Å². The third-order valence-corrected chi connectivity index (χ3v) is 8.08. The van der Waals surface area contributed by atoms with Crippen LogP contribution in [0.15, 0.2) is 52.3 Å². The lowest BCUT2D eigenvalue weighted by Gasteiger charge is -2.26. The molecular weight excluding hydrogens is 444 g/mol. The number of rotatable bonds is 8. The maximum Gasteiger partial charge on any atom is 0.243 e. The number of anilines is 1. The molecule has 1 saturated heterocycles. The van der Waals surface area contributed by atoms with Crippen LogP contribution < -0.4 is 10.1 Å². The molecule has 162 valence electrons. The number of nitrogens with zero attached hydrogens (tertiary/aromatic N) is 1. The van der Waals surface area contributed by atoms with Gasteiger partial charge in [-0.1, -0.05) is 30.2 Å². The van der Waals surface area contributed by atoms with Crippen molar-refractivity contribution in [2.24, 2.45) is 0 Å². The molecule has 2 aromatic rings. The Balaban J connectivity index is 1.77. The van der Waals surface area contributed by atoms with Crippen molar-refractivity contribution < 1.29 is 17.9 Å². The van der Waals surface area contributed by atoms with Crippen molar-refractivity contribution in [3.63, 3.8) is 0 Å². The van der Waals surface area contributed by atoms with Crippen molar-refractivity contribution in [2.45, 2.75) is 36.0 Å². The van der Waals surface area contributed by atoms with Crippen molar-refractivity contribution >= 4 is 45.0 Å². The number of amides is 1. The van der Waals surface area contributed by atoms with Crippen LogP contribution in [0.4, 0.5) is 5.69 Å². The van der Waals surface area contributed by atoms with Crippen molar-refractivity contribution in [1.29, 1.82) is 0 Å². The van der Waals surface area contributed by atoms with Gasteiger partial charge in [0.1, 0.15) is 5.75 Å². The van der Waals surface area contributed by atoms with Gasteiger partial charge in [0.25, 0.3) is 0 Å². The molecular formula is C21H25ClN2O4S2. The zero-order valence-corrected chi connectivity index (χ0v) is 19.2. The zero-order chi connectivity index (χ0) is 21.6. The Kier molecular flexibility index (Phi) is 8.05. The molecule has 6 nitrogen and oxygen atoms in total. The molecule has 2 aromatic carbocycles. The van der Waals surface area contributed by atoms with E-state index < -0.39 is 10.0 Å². The first-order valence-electron chi connectivity index (χ1n) is 9.86. The topological polar surface area (TPSA) is 75.7 Å². The number of piperidine rings is 1. The molecule has 3 rings (SSSR count). The Labute approximate surface area is 187 Å². The first kappa shape index (κ1) is 22.9. The summed E-state index contributed by atoms with van der Waals surface area (Å²) in [5.41, 5.74) is 0.347. The minimum Gasteiger partial charge on any atom is -0.492 e. The number of hydrogen-bond donors (Lipinski definition) is 1. The van der Waals surface area contributed by atoms with Gasteiger partial charge >= 0.3 is 0 Å². The fourth-order valence-corrected chi connectivity index (χ4v) is 5.78. The second kappa shape index (κ2) is 10.5. The number of sulfonamides is 1. The van der Waals surface area contributed by atoms with E-state index in [1.54, 1.807) is 12.1 Å². The van der Waals surface area contributed by atoms with Gasteiger partial charge in [-0.2, -0.15) is 4.31 Å². The van der Waals surface area contributed by atoms with Crippen LogP contribution in [0, 0.1) is 0 Å². The molecule has 0 aliphatic carbocycles. The minimum atomic E-state index is -3.61. The highest BCUT2D eigenvalue weighted by atomic mass is 35.5. The summed E-state index contributed by atoms with van der Waals surface area (Å²) in [5.74, 6) is 0.304. The van der Waals surface area contributed by atoms with E-state index >= 15 is 0 Å². The summed E-state index contributed by atoms with van der Waals surface area (Å²) in [7, 11) is -3.61. The number of hydrogen-bond acceptors (Lipinski definition) is 5. The molecule has 30 heavy (non-hydrogen) atoms. The molecule has 1 N–H and O–H groups in total. The van der Waals surface area contributed by atoms with Crippen LogP contribution in [0.3, 0.4) is 0 Å². The second-order valence-electron chi connectivity index (χ2n) is 6.82. The number of carbonyl (C=O) groups is 1. The number of carbonyl (C=O) groups excluding carboxylic acids is 1. The monoisotopic (exact) mass is 468 g/mol. The van der Waals surface area contributed by atoms with Gasteiger partial charge < -0.3 is 10.1 Å². The molecule has 0 atom stereocenters. The van der Waals surface area contributed by atoms with Gasteiger partial charge in [-0.05, 0) is 50.1 Å². The standard InChI is InChI=1S/C21H25ClN2O4S2/c1-2-28-19-11-10-16(30(26,27)24-12-6-3-7-13-24)14-18(19)23-21(25)15-29-20-9-5-4-8-17(20)22/h4-5,8-11,14H,2-3,6-7,12-13,15H2,1H3,(H,23,25). The molecule has 0 saturated carbocycles. The normalized spacial score (nSPS) is 15.0. The minimum absolute atomic E-state index is 0.137. The van der Waals surface area contributed by atoms with Crippen LogP contribution in [0.2, 0.25) is 5.02 Å². The summed E-state index contributed by atoms with van der Waals surface area (Å²) >= 11 is 7.45. The summed E-state index contributed by atoms with van der Waals surface area (Å²) < 4.78 is 33.1. The molecule has 9 heteroatoms. The lowest BCUT2D eigenvalue weighted by molar-refractivity contribution is -0.113. The summed E-state index contributed by atoms with van der Waals surface area (Å²) in [6, 6.07) is 11.9. The van der Waals surface area contributed by atoms with E-state index in [9.17, 15) is 13.2 Å². The fourth-order valence-electron chi connectivity index (χ4n) is 3.19. The maximum absolute atomic E-state index is 13.0. The molecule has 1 amide bonds. The summed E-state index contributed by atoms with van der Waals surface area (Å²) in [4.78, 5) is 13.5. The molecule has 1 fully saturated rings. The summed E-state index contributed by atoms with van der Waals surface area (Å²) in [5, 5.41) is 3.37. The zero-order valence-electron chi connectivity index (χ0n) is 16.8. The fraction of sp³-hybridized carbons (Fsp3) is 0.381. The quantitative estimate of drug-likeness (QED) is 0.571. The van der Waals surface area contributed by atoms with E-state index in [0.717, 1.165) is 24.2 Å². The molecule has 1 aliphatic heterocycles. The van der Waals surface area contributed by atoms with Crippen LogP contribution in [-0.2, 0) is 14.8 Å². The van der Waals surface area contributed by atoms with Gasteiger partial charge in [0.05, 0.1) is 28.0 Å².